The highest BCUT2D eigenvalue weighted by Gasteiger charge is 2.59. The van der Waals surface area contributed by atoms with Gasteiger partial charge in [0, 0.05) is 31.7 Å². The molecule has 0 aromatic carbocycles. The molecule has 24 heavy (non-hydrogen) atoms. The Morgan fingerprint density at radius 3 is 2.50 bits per heavy atom. The molecule has 3 aliphatic heterocycles. The molecule has 1 spiro atoms. The molecule has 138 valence electrons. The topological polar surface area (TPSA) is 40.2 Å². The van der Waals surface area contributed by atoms with E-state index in [0.29, 0.717) is 0 Å². The van der Waals surface area contributed by atoms with E-state index in [4.69, 9.17) is 31.6 Å². The number of piperidine rings is 1. The molecular weight excluding hydrogens is 326 g/mol. The number of likely N-dealkylation sites (tertiary alicyclic amines) is 1. The van der Waals surface area contributed by atoms with Crippen LogP contribution in [0.2, 0.25) is 0 Å². The van der Waals surface area contributed by atoms with E-state index in [-0.39, 0.29) is 29.9 Å². The van der Waals surface area contributed by atoms with Crippen LogP contribution in [0.15, 0.2) is 0 Å². The molecule has 5 nitrogen and oxygen atoms in total. The average Bonchev–Trinajstić information content (AvgIpc) is 3.10. The van der Waals surface area contributed by atoms with Gasteiger partial charge in [-0.1, -0.05) is 12.8 Å². The lowest BCUT2D eigenvalue weighted by atomic mass is 9.94. The molecule has 4 rings (SSSR count). The molecule has 0 N–H and O–H groups in total. The van der Waals surface area contributed by atoms with Crippen molar-refractivity contribution in [3.63, 3.8) is 0 Å². The molecule has 0 aromatic heterocycles. The molecule has 6 heteroatoms. The second-order valence-electron chi connectivity index (χ2n) is 7.77. The third-order valence-electron chi connectivity index (χ3n) is 6.05. The standard InChI is InChI=1S/C18H31NO4S/c1-20-15-14(13(24)12-19-10-6-3-7-11-19)21-17-16(15)22-18(23-17)8-4-2-5-9-18/h13-17,24H,2-12H2,1H3/t13-,14+,15-,16+,17+/m0/s1. The van der Waals surface area contributed by atoms with Gasteiger partial charge in [0.05, 0.1) is 0 Å². The number of ether oxygens (including phenoxy) is 4. The van der Waals surface area contributed by atoms with E-state index in [0.717, 1.165) is 19.4 Å². The third-order valence-corrected chi connectivity index (χ3v) is 6.51. The number of fused-ring (bicyclic) bond motifs is 1. The molecule has 4 fully saturated rings. The summed E-state index contributed by atoms with van der Waals surface area (Å²) in [6.45, 7) is 3.28. The molecule has 3 saturated heterocycles. The van der Waals surface area contributed by atoms with Gasteiger partial charge in [0.15, 0.2) is 12.1 Å². The summed E-state index contributed by atoms with van der Waals surface area (Å²) < 4.78 is 24.6. The van der Waals surface area contributed by atoms with Gasteiger partial charge in [0.2, 0.25) is 0 Å². The lowest BCUT2D eigenvalue weighted by Gasteiger charge is -2.36. The first kappa shape index (κ1) is 17.6. The normalized spacial score (nSPS) is 40.8. The summed E-state index contributed by atoms with van der Waals surface area (Å²) in [5.41, 5.74) is 0. The summed E-state index contributed by atoms with van der Waals surface area (Å²) in [5, 5.41) is 0.119. The number of rotatable bonds is 4. The van der Waals surface area contributed by atoms with Crippen LogP contribution < -0.4 is 0 Å². The fourth-order valence-corrected chi connectivity index (χ4v) is 5.24. The van der Waals surface area contributed by atoms with Gasteiger partial charge in [-0.3, -0.25) is 0 Å². The Kier molecular flexibility index (Phi) is 5.42. The summed E-state index contributed by atoms with van der Waals surface area (Å²) in [5.74, 6) is -0.422. The summed E-state index contributed by atoms with van der Waals surface area (Å²) in [4.78, 5) is 2.50. The molecule has 0 amide bonds. The van der Waals surface area contributed by atoms with E-state index >= 15 is 0 Å². The Morgan fingerprint density at radius 2 is 1.79 bits per heavy atom. The van der Waals surface area contributed by atoms with Crippen LogP contribution in [0.25, 0.3) is 0 Å². The molecule has 0 bridgehead atoms. The molecule has 3 heterocycles. The average molecular weight is 358 g/mol. The Hall–Kier alpha value is 0.150. The van der Waals surface area contributed by atoms with Gasteiger partial charge in [0.1, 0.15) is 18.3 Å². The van der Waals surface area contributed by atoms with E-state index in [1.807, 2.05) is 0 Å². The number of hydrogen-bond acceptors (Lipinski definition) is 6. The molecule has 5 atom stereocenters. The maximum Gasteiger partial charge on any atom is 0.190 e. The molecule has 1 aliphatic carbocycles. The van der Waals surface area contributed by atoms with Crippen molar-refractivity contribution in [2.24, 2.45) is 0 Å². The number of thiol groups is 1. The Bertz CT molecular complexity index is 425. The SMILES string of the molecule is CO[C@@H]1[C@H]2OC3(CCCCC3)O[C@H]2O[C@@H]1[C@@H](S)CN1CCCCC1. The van der Waals surface area contributed by atoms with E-state index < -0.39 is 5.79 Å². The Balaban J connectivity index is 1.38. The van der Waals surface area contributed by atoms with Crippen molar-refractivity contribution >= 4 is 12.6 Å². The van der Waals surface area contributed by atoms with Crippen molar-refractivity contribution in [3.8, 4) is 0 Å². The minimum absolute atomic E-state index is 0.0730. The quantitative estimate of drug-likeness (QED) is 0.783. The van der Waals surface area contributed by atoms with Crippen LogP contribution >= 0.6 is 12.6 Å². The molecule has 0 unspecified atom stereocenters. The summed E-state index contributed by atoms with van der Waals surface area (Å²) in [7, 11) is 1.75. The second kappa shape index (κ2) is 7.41. The first-order valence-electron chi connectivity index (χ1n) is 9.65. The zero-order valence-corrected chi connectivity index (χ0v) is 15.6. The lowest BCUT2D eigenvalue weighted by molar-refractivity contribution is -0.247. The number of nitrogens with zero attached hydrogens (tertiary/aromatic N) is 1. The highest BCUT2D eigenvalue weighted by molar-refractivity contribution is 7.81. The van der Waals surface area contributed by atoms with Crippen LogP contribution in [0.1, 0.15) is 51.4 Å². The van der Waals surface area contributed by atoms with Gasteiger partial charge in [-0.2, -0.15) is 12.6 Å². The van der Waals surface area contributed by atoms with Crippen molar-refractivity contribution in [1.29, 1.82) is 0 Å². The zero-order chi connectivity index (χ0) is 16.6. The maximum absolute atomic E-state index is 6.37. The molecule has 0 aromatic rings. The maximum atomic E-state index is 6.37. The molecule has 1 saturated carbocycles. The first-order chi connectivity index (χ1) is 11.7. The largest absolute Gasteiger partial charge is 0.376 e. The van der Waals surface area contributed by atoms with E-state index in [1.54, 1.807) is 7.11 Å². The van der Waals surface area contributed by atoms with Crippen molar-refractivity contribution in [3.05, 3.63) is 0 Å². The van der Waals surface area contributed by atoms with Gasteiger partial charge in [-0.15, -0.1) is 0 Å². The van der Waals surface area contributed by atoms with Gasteiger partial charge < -0.3 is 23.8 Å². The minimum atomic E-state index is -0.422. The number of methoxy groups -OCH3 is 1. The van der Waals surface area contributed by atoms with Gasteiger partial charge in [0.25, 0.3) is 0 Å². The van der Waals surface area contributed by atoms with Crippen LogP contribution in [-0.4, -0.2) is 67.3 Å². The monoisotopic (exact) mass is 357 g/mol. The van der Waals surface area contributed by atoms with Crippen LogP contribution in [-0.2, 0) is 18.9 Å². The molecule has 0 radical (unpaired) electrons. The summed E-state index contributed by atoms with van der Waals surface area (Å²) >= 11 is 4.85. The highest BCUT2D eigenvalue weighted by atomic mass is 32.1. The first-order valence-corrected chi connectivity index (χ1v) is 10.2. The van der Waals surface area contributed by atoms with Crippen LogP contribution in [0.5, 0.6) is 0 Å². The fraction of sp³-hybridized carbons (Fsp3) is 1.00. The second-order valence-corrected chi connectivity index (χ2v) is 8.43. The van der Waals surface area contributed by atoms with Crippen molar-refractivity contribution in [2.75, 3.05) is 26.7 Å². The fourth-order valence-electron chi connectivity index (χ4n) is 4.77. The van der Waals surface area contributed by atoms with Crippen molar-refractivity contribution in [1.82, 2.24) is 4.90 Å². The molecule has 4 aliphatic rings. The van der Waals surface area contributed by atoms with E-state index in [2.05, 4.69) is 4.90 Å². The predicted molar refractivity (Wildman–Crippen MR) is 94.3 cm³/mol. The highest BCUT2D eigenvalue weighted by Crippen LogP contribution is 2.46. The van der Waals surface area contributed by atoms with Crippen LogP contribution in [0.4, 0.5) is 0 Å². The molecular formula is C18H31NO4S. The van der Waals surface area contributed by atoms with Crippen molar-refractivity contribution < 1.29 is 18.9 Å². The summed E-state index contributed by atoms with van der Waals surface area (Å²) in [6, 6.07) is 0. The van der Waals surface area contributed by atoms with Crippen molar-refractivity contribution in [2.45, 2.75) is 87.0 Å². The van der Waals surface area contributed by atoms with Crippen LogP contribution in [0, 0.1) is 0 Å². The Morgan fingerprint density at radius 1 is 1.08 bits per heavy atom. The van der Waals surface area contributed by atoms with Crippen LogP contribution in [0.3, 0.4) is 0 Å². The third kappa shape index (κ3) is 3.38. The zero-order valence-electron chi connectivity index (χ0n) is 14.7. The summed E-state index contributed by atoms with van der Waals surface area (Å²) in [6.07, 6.45) is 8.92. The minimum Gasteiger partial charge on any atom is -0.376 e. The Labute approximate surface area is 150 Å². The number of hydrogen-bond donors (Lipinski definition) is 1. The predicted octanol–water partition coefficient (Wildman–Crippen LogP) is 2.59. The smallest absolute Gasteiger partial charge is 0.190 e. The van der Waals surface area contributed by atoms with Gasteiger partial charge in [-0.25, -0.2) is 0 Å². The van der Waals surface area contributed by atoms with Gasteiger partial charge in [-0.05, 0) is 38.8 Å². The van der Waals surface area contributed by atoms with Gasteiger partial charge >= 0.3 is 0 Å². The van der Waals surface area contributed by atoms with E-state index in [9.17, 15) is 0 Å². The lowest BCUT2D eigenvalue weighted by Crippen LogP contribution is -2.46. The van der Waals surface area contributed by atoms with E-state index in [1.165, 1.54) is 51.6 Å².